The fourth-order valence-corrected chi connectivity index (χ4v) is 6.19. The van der Waals surface area contributed by atoms with E-state index in [1.54, 1.807) is 0 Å². The number of unbranched alkanes of at least 4 members (excludes halogenated alkanes) is 10. The van der Waals surface area contributed by atoms with Crippen molar-refractivity contribution in [1.82, 2.24) is 4.72 Å². The van der Waals surface area contributed by atoms with Crippen molar-refractivity contribution >= 4 is 17.7 Å². The molecule has 2 aromatic carbocycles. The molecular weight excluding hydrogens is 585 g/mol. The highest BCUT2D eigenvalue weighted by Gasteiger charge is 2.16. The van der Waals surface area contributed by atoms with Gasteiger partial charge < -0.3 is 14.9 Å². The summed E-state index contributed by atoms with van der Waals surface area (Å²) in [5, 5.41) is 18.4. The van der Waals surface area contributed by atoms with Crippen LogP contribution in [0.15, 0.2) is 60.7 Å². The molecule has 0 aliphatic carbocycles. The molecule has 10 heteroatoms. The van der Waals surface area contributed by atoms with Crippen molar-refractivity contribution in [3.63, 3.8) is 0 Å². The average molecular weight is 640 g/mol. The zero-order chi connectivity index (χ0) is 31.6. The summed E-state index contributed by atoms with van der Waals surface area (Å²) < 4.78 is 52.7. The number of aliphatic hydroxyl groups excluding tert-OH is 2. The van der Waals surface area contributed by atoms with Gasteiger partial charge in [0.25, 0.3) is 0 Å². The summed E-state index contributed by atoms with van der Waals surface area (Å²) >= 11 is 0. The lowest BCUT2D eigenvalue weighted by Gasteiger charge is -2.16. The van der Waals surface area contributed by atoms with Crippen LogP contribution >= 0.6 is 7.68 Å². The molecule has 0 heterocycles. The smallest absolute Gasteiger partial charge is 0.347 e. The number of aryl methyl sites for hydroxylation is 1. The van der Waals surface area contributed by atoms with Gasteiger partial charge in [-0.05, 0) is 36.8 Å². The molecule has 2 aromatic rings. The van der Waals surface area contributed by atoms with Gasteiger partial charge in [-0.1, -0.05) is 132 Å². The van der Waals surface area contributed by atoms with Crippen molar-refractivity contribution < 1.29 is 32.5 Å². The van der Waals surface area contributed by atoms with E-state index < -0.39 is 23.5 Å². The lowest BCUT2D eigenvalue weighted by Crippen LogP contribution is -2.38. The van der Waals surface area contributed by atoms with Crippen LogP contribution in [0.4, 0.5) is 0 Å². The lowest BCUT2D eigenvalue weighted by atomic mass is 10.0. The maximum Gasteiger partial charge on any atom is 0.347 e. The molecule has 0 spiro atoms. The molecule has 8 nitrogen and oxygen atoms in total. The van der Waals surface area contributed by atoms with Crippen molar-refractivity contribution in [2.24, 2.45) is 0 Å². The summed E-state index contributed by atoms with van der Waals surface area (Å²) in [4.78, 5) is 0. The molecule has 0 saturated heterocycles. The van der Waals surface area contributed by atoms with Gasteiger partial charge in [0.1, 0.15) is 0 Å². The minimum absolute atomic E-state index is 0.124. The predicted molar refractivity (Wildman–Crippen MR) is 174 cm³/mol. The third-order valence-electron chi connectivity index (χ3n) is 7.07. The van der Waals surface area contributed by atoms with E-state index in [1.165, 1.54) is 37.7 Å². The first-order valence-corrected chi connectivity index (χ1v) is 18.7. The largest absolute Gasteiger partial charge is 0.395 e. The lowest BCUT2D eigenvalue weighted by molar-refractivity contribution is 0.0626. The molecule has 0 amide bonds. The van der Waals surface area contributed by atoms with Gasteiger partial charge in [0.2, 0.25) is 10.0 Å². The molecule has 2 atom stereocenters. The normalized spacial score (nSPS) is 12.7. The molecule has 3 N–H and O–H groups in total. The van der Waals surface area contributed by atoms with Crippen molar-refractivity contribution in [2.75, 3.05) is 19.0 Å². The first kappa shape index (κ1) is 39.2. The van der Waals surface area contributed by atoms with E-state index in [4.69, 9.17) is 9.84 Å². The summed E-state index contributed by atoms with van der Waals surface area (Å²) in [7, 11) is -6.10. The Labute approximate surface area is 260 Å². The second-order valence-electron chi connectivity index (χ2n) is 11.0. The fraction of sp³-hybridized carbons (Fsp3) is 0.636. The van der Waals surface area contributed by atoms with Crippen LogP contribution in [0.5, 0.6) is 0 Å². The number of rotatable bonds is 24. The number of hydrogen-bond acceptors (Lipinski definition) is 7. The minimum atomic E-state index is -3.29. The predicted octanol–water partition coefficient (Wildman–Crippen LogP) is 7.30. The second kappa shape index (κ2) is 25.5. The Balaban J connectivity index is 0.000000549. The summed E-state index contributed by atoms with van der Waals surface area (Å²) in [6.45, 7) is 2.21. The minimum Gasteiger partial charge on any atom is -0.395 e. The van der Waals surface area contributed by atoms with Crippen LogP contribution in [-0.2, 0) is 36.9 Å². The Morgan fingerprint density at radius 1 is 0.767 bits per heavy atom. The van der Waals surface area contributed by atoms with Gasteiger partial charge >= 0.3 is 7.68 Å². The van der Waals surface area contributed by atoms with Crippen molar-refractivity contribution in [3.8, 4) is 0 Å². The maximum atomic E-state index is 12.2. The summed E-state index contributed by atoms with van der Waals surface area (Å²) in [6.07, 6.45) is 15.2. The van der Waals surface area contributed by atoms with E-state index in [9.17, 15) is 22.7 Å². The molecule has 0 bridgehead atoms. The molecule has 2 unspecified atom stereocenters. The summed E-state index contributed by atoms with van der Waals surface area (Å²) in [5.74, 6) is -1.23. The molecule has 0 aliphatic heterocycles. The van der Waals surface area contributed by atoms with Crippen LogP contribution < -0.4 is 4.72 Å². The van der Waals surface area contributed by atoms with E-state index in [2.05, 4.69) is 35.9 Å². The van der Waals surface area contributed by atoms with E-state index in [1.807, 2.05) is 36.4 Å². The number of ether oxygens (including phenoxy) is 1. The first-order chi connectivity index (χ1) is 20.8. The molecular formula is C33H54NO7PS. The van der Waals surface area contributed by atoms with Gasteiger partial charge in [0.15, 0.2) is 5.85 Å². The van der Waals surface area contributed by atoms with Crippen LogP contribution in [0, 0.1) is 0 Å². The van der Waals surface area contributed by atoms with Gasteiger partial charge in [-0.15, -0.1) is 0 Å². The Bertz CT molecular complexity index is 1090. The maximum absolute atomic E-state index is 12.2. The second-order valence-corrected chi connectivity index (χ2v) is 14.0. The topological polar surface area (TPSA) is 130 Å². The van der Waals surface area contributed by atoms with Gasteiger partial charge in [-0.25, -0.2) is 22.3 Å². The average Bonchev–Trinajstić information content (AvgIpc) is 3.00. The van der Waals surface area contributed by atoms with Crippen molar-refractivity contribution in [3.05, 3.63) is 71.8 Å². The summed E-state index contributed by atoms with van der Waals surface area (Å²) in [5.41, 5.74) is 2.32. The summed E-state index contributed by atoms with van der Waals surface area (Å²) in [6, 6.07) is 19.5. The molecule has 2 rings (SSSR count). The van der Waals surface area contributed by atoms with Crippen LogP contribution in [0.1, 0.15) is 102 Å². The van der Waals surface area contributed by atoms with Gasteiger partial charge in [-0.3, -0.25) is 0 Å². The molecule has 0 aliphatic rings. The quantitative estimate of drug-likeness (QED) is 0.0812. The Kier molecular flexibility index (Phi) is 23.2. The van der Waals surface area contributed by atoms with Crippen LogP contribution in [0.25, 0.3) is 0 Å². The van der Waals surface area contributed by atoms with Crippen LogP contribution in [0.3, 0.4) is 0 Å². The monoisotopic (exact) mass is 639 g/mol. The fourth-order valence-electron chi connectivity index (χ4n) is 4.56. The standard InChI is InChI=1S/C24H43NO3S.C9H11O4P/c1-2-3-4-5-6-7-10-16-21-29(27,28)25-24(22-26)20-15-9-8-12-17-23-18-13-11-14-19-23;10-9(14(11)12)7-13-6-8-4-2-1-3-5-8/h11,13-14,18-19,24-26H,2-10,12,15-17,20-22H2,1H3;1-5,9-10H,6-7H2. The van der Waals surface area contributed by atoms with E-state index >= 15 is 0 Å². The van der Waals surface area contributed by atoms with E-state index in [0.29, 0.717) is 19.4 Å². The molecule has 0 saturated carbocycles. The van der Waals surface area contributed by atoms with Crippen molar-refractivity contribution in [1.29, 1.82) is 0 Å². The zero-order valence-electron chi connectivity index (χ0n) is 25.9. The highest BCUT2D eigenvalue weighted by Crippen LogP contribution is 2.13. The molecule has 0 aromatic heterocycles. The van der Waals surface area contributed by atoms with Crippen LogP contribution in [-0.4, -0.2) is 49.5 Å². The number of sulfonamides is 1. The van der Waals surface area contributed by atoms with Gasteiger partial charge in [0, 0.05) is 6.04 Å². The Morgan fingerprint density at radius 3 is 1.88 bits per heavy atom. The Hall–Kier alpha value is -1.87. The van der Waals surface area contributed by atoms with Crippen molar-refractivity contribution in [2.45, 2.75) is 115 Å². The Morgan fingerprint density at radius 2 is 1.30 bits per heavy atom. The highest BCUT2D eigenvalue weighted by molar-refractivity contribution is 7.89. The first-order valence-electron chi connectivity index (χ1n) is 15.9. The molecule has 0 fully saturated rings. The number of benzene rings is 2. The van der Waals surface area contributed by atoms with Crippen LogP contribution in [0.2, 0.25) is 0 Å². The third-order valence-corrected chi connectivity index (χ3v) is 9.22. The molecule has 0 radical (unpaired) electrons. The highest BCUT2D eigenvalue weighted by atomic mass is 32.2. The number of hydrogen-bond donors (Lipinski definition) is 3. The number of nitrogens with one attached hydrogen (secondary N) is 1. The number of aliphatic hydroxyl groups is 2. The molecule has 244 valence electrons. The van der Waals surface area contributed by atoms with E-state index in [-0.39, 0.29) is 25.0 Å². The third kappa shape index (κ3) is 22.3. The zero-order valence-corrected chi connectivity index (χ0v) is 27.7. The van der Waals surface area contributed by atoms with E-state index in [0.717, 1.165) is 50.5 Å². The van der Waals surface area contributed by atoms with Gasteiger partial charge in [-0.2, -0.15) is 0 Å². The molecule has 43 heavy (non-hydrogen) atoms. The SMILES string of the molecule is CCCCCCCCCCS(=O)(=O)NC(CO)CCCCCCc1ccccc1.O=P(=O)C(O)COCc1ccccc1. The van der Waals surface area contributed by atoms with Gasteiger partial charge in [0.05, 0.1) is 25.6 Å².